The van der Waals surface area contributed by atoms with Gasteiger partial charge >= 0.3 is 0 Å². The molecular formula is C7H15NO3. The highest BCUT2D eigenvalue weighted by atomic mass is 16.7. The minimum atomic E-state index is -0.902. The maximum Gasteiger partial charge on any atom is 0.243 e. The van der Waals surface area contributed by atoms with Gasteiger partial charge in [0.2, 0.25) is 5.91 Å². The Morgan fingerprint density at radius 3 is 2.55 bits per heavy atom. The molecule has 0 aromatic heterocycles. The molecule has 0 heterocycles. The van der Waals surface area contributed by atoms with Crippen LogP contribution in [-0.4, -0.2) is 23.2 Å². The van der Waals surface area contributed by atoms with E-state index in [0.29, 0.717) is 6.42 Å². The summed E-state index contributed by atoms with van der Waals surface area (Å²) in [4.78, 5) is 15.3. The quantitative estimate of drug-likeness (QED) is 0.580. The number of carbonyl (C=O) groups excluding carboxylic acids is 1. The fourth-order valence-corrected chi connectivity index (χ4v) is 0.365. The summed E-state index contributed by atoms with van der Waals surface area (Å²) in [6, 6.07) is 0. The van der Waals surface area contributed by atoms with Crippen LogP contribution >= 0.6 is 0 Å². The van der Waals surface area contributed by atoms with Crippen LogP contribution in [0.15, 0.2) is 0 Å². The monoisotopic (exact) mass is 161 g/mol. The molecule has 0 atom stereocenters. The van der Waals surface area contributed by atoms with E-state index in [1.54, 1.807) is 20.8 Å². The summed E-state index contributed by atoms with van der Waals surface area (Å²) < 4.78 is 0. The van der Waals surface area contributed by atoms with E-state index in [9.17, 15) is 4.79 Å². The number of hydrogen-bond acceptors (Lipinski definition) is 3. The second-order valence-electron chi connectivity index (χ2n) is 2.98. The van der Waals surface area contributed by atoms with E-state index < -0.39 is 5.60 Å². The maximum absolute atomic E-state index is 10.6. The molecule has 0 radical (unpaired) electrons. The molecule has 1 amide bonds. The molecule has 0 aliphatic heterocycles. The van der Waals surface area contributed by atoms with Gasteiger partial charge in [-0.3, -0.25) is 9.63 Å². The molecule has 0 saturated carbocycles. The third-order valence-electron chi connectivity index (χ3n) is 0.933. The molecule has 2 N–H and O–H groups in total. The van der Waals surface area contributed by atoms with Crippen molar-refractivity contribution in [3.63, 3.8) is 0 Å². The van der Waals surface area contributed by atoms with Crippen molar-refractivity contribution in [1.29, 1.82) is 0 Å². The van der Waals surface area contributed by atoms with Crippen molar-refractivity contribution in [2.24, 2.45) is 0 Å². The van der Waals surface area contributed by atoms with Crippen molar-refractivity contribution in [3.8, 4) is 0 Å². The summed E-state index contributed by atoms with van der Waals surface area (Å²) in [7, 11) is 0. The van der Waals surface area contributed by atoms with Crippen LogP contribution in [0.2, 0.25) is 0 Å². The van der Waals surface area contributed by atoms with Gasteiger partial charge in [-0.25, -0.2) is 5.48 Å². The normalized spacial score (nSPS) is 11.3. The number of hydroxylamine groups is 1. The Bertz CT molecular complexity index is 128. The van der Waals surface area contributed by atoms with E-state index in [0.717, 1.165) is 0 Å². The Balaban J connectivity index is 3.35. The predicted molar refractivity (Wildman–Crippen MR) is 40.7 cm³/mol. The SMILES string of the molecule is CCC(=O)NOCC(C)(C)O. The van der Waals surface area contributed by atoms with E-state index in [-0.39, 0.29) is 12.5 Å². The summed E-state index contributed by atoms with van der Waals surface area (Å²) in [5.74, 6) is -0.186. The molecule has 0 bridgehead atoms. The fourth-order valence-electron chi connectivity index (χ4n) is 0.365. The highest BCUT2D eigenvalue weighted by molar-refractivity contribution is 5.74. The third-order valence-corrected chi connectivity index (χ3v) is 0.933. The Labute approximate surface area is 66.5 Å². The minimum Gasteiger partial charge on any atom is -0.388 e. The first kappa shape index (κ1) is 10.4. The van der Waals surface area contributed by atoms with Crippen molar-refractivity contribution in [2.45, 2.75) is 32.8 Å². The van der Waals surface area contributed by atoms with E-state index in [4.69, 9.17) is 9.94 Å². The van der Waals surface area contributed by atoms with Crippen molar-refractivity contribution >= 4 is 5.91 Å². The number of nitrogens with one attached hydrogen (secondary N) is 1. The zero-order valence-electron chi connectivity index (χ0n) is 7.18. The molecule has 0 fully saturated rings. The second-order valence-corrected chi connectivity index (χ2v) is 2.98. The van der Waals surface area contributed by atoms with E-state index in [1.165, 1.54) is 0 Å². The zero-order chi connectivity index (χ0) is 8.91. The third kappa shape index (κ3) is 7.29. The number of amides is 1. The van der Waals surface area contributed by atoms with E-state index in [1.807, 2.05) is 0 Å². The van der Waals surface area contributed by atoms with Gasteiger partial charge in [0, 0.05) is 6.42 Å². The summed E-state index contributed by atoms with van der Waals surface area (Å²) in [6.45, 7) is 5.03. The van der Waals surface area contributed by atoms with Gasteiger partial charge in [0.1, 0.15) is 6.61 Å². The van der Waals surface area contributed by atoms with E-state index in [2.05, 4.69) is 5.48 Å². The molecule has 4 nitrogen and oxygen atoms in total. The van der Waals surface area contributed by atoms with Gasteiger partial charge in [-0.05, 0) is 13.8 Å². The van der Waals surface area contributed by atoms with E-state index >= 15 is 0 Å². The lowest BCUT2D eigenvalue weighted by atomic mass is 10.2. The van der Waals surface area contributed by atoms with Gasteiger partial charge in [-0.1, -0.05) is 6.92 Å². The highest BCUT2D eigenvalue weighted by Crippen LogP contribution is 1.98. The Hall–Kier alpha value is -0.610. The van der Waals surface area contributed by atoms with Gasteiger partial charge in [0.25, 0.3) is 0 Å². The van der Waals surface area contributed by atoms with Gasteiger partial charge in [-0.2, -0.15) is 0 Å². The molecular weight excluding hydrogens is 146 g/mol. The topological polar surface area (TPSA) is 58.6 Å². The van der Waals surface area contributed by atoms with Gasteiger partial charge in [0.15, 0.2) is 0 Å². The lowest BCUT2D eigenvalue weighted by Gasteiger charge is -2.16. The molecule has 0 saturated heterocycles. The Morgan fingerprint density at radius 2 is 2.18 bits per heavy atom. The van der Waals surface area contributed by atoms with Crippen molar-refractivity contribution in [2.75, 3.05) is 6.61 Å². The lowest BCUT2D eigenvalue weighted by molar-refractivity contribution is -0.138. The average molecular weight is 161 g/mol. The van der Waals surface area contributed by atoms with Crippen LogP contribution in [0.25, 0.3) is 0 Å². The summed E-state index contributed by atoms with van der Waals surface area (Å²) in [5, 5.41) is 9.13. The number of rotatable bonds is 4. The van der Waals surface area contributed by atoms with Gasteiger partial charge in [0.05, 0.1) is 5.60 Å². The van der Waals surface area contributed by atoms with Crippen LogP contribution in [0.3, 0.4) is 0 Å². The van der Waals surface area contributed by atoms with Crippen LogP contribution < -0.4 is 5.48 Å². The first-order chi connectivity index (χ1) is 4.95. The molecule has 0 aromatic carbocycles. The molecule has 11 heavy (non-hydrogen) atoms. The van der Waals surface area contributed by atoms with Crippen molar-refractivity contribution in [3.05, 3.63) is 0 Å². The first-order valence-corrected chi connectivity index (χ1v) is 3.58. The highest BCUT2D eigenvalue weighted by Gasteiger charge is 2.12. The van der Waals surface area contributed by atoms with Gasteiger partial charge < -0.3 is 5.11 Å². The molecule has 0 rings (SSSR count). The first-order valence-electron chi connectivity index (χ1n) is 3.58. The van der Waals surface area contributed by atoms with Gasteiger partial charge in [-0.15, -0.1) is 0 Å². The zero-order valence-corrected chi connectivity index (χ0v) is 7.18. The molecule has 4 heteroatoms. The fraction of sp³-hybridized carbons (Fsp3) is 0.857. The maximum atomic E-state index is 10.6. The molecule has 66 valence electrons. The van der Waals surface area contributed by atoms with Crippen LogP contribution in [0.5, 0.6) is 0 Å². The van der Waals surface area contributed by atoms with Crippen LogP contribution in [0, 0.1) is 0 Å². The summed E-state index contributed by atoms with van der Waals surface area (Å²) >= 11 is 0. The van der Waals surface area contributed by atoms with Crippen molar-refractivity contribution in [1.82, 2.24) is 5.48 Å². The molecule has 0 aliphatic carbocycles. The molecule has 0 unspecified atom stereocenters. The average Bonchev–Trinajstić information content (AvgIpc) is 1.85. The lowest BCUT2D eigenvalue weighted by Crippen LogP contribution is -2.33. The largest absolute Gasteiger partial charge is 0.388 e. The van der Waals surface area contributed by atoms with Crippen LogP contribution in [0.4, 0.5) is 0 Å². The molecule has 0 spiro atoms. The van der Waals surface area contributed by atoms with Crippen LogP contribution in [-0.2, 0) is 9.63 Å². The predicted octanol–water partition coefficient (Wildman–Crippen LogP) is 0.215. The Morgan fingerprint density at radius 1 is 1.64 bits per heavy atom. The minimum absolute atomic E-state index is 0.0960. The smallest absolute Gasteiger partial charge is 0.243 e. The van der Waals surface area contributed by atoms with Crippen molar-refractivity contribution < 1.29 is 14.7 Å². The van der Waals surface area contributed by atoms with Crippen LogP contribution in [0.1, 0.15) is 27.2 Å². The number of hydrogen-bond donors (Lipinski definition) is 2. The summed E-state index contributed by atoms with van der Waals surface area (Å²) in [6.07, 6.45) is 0.381. The summed E-state index contributed by atoms with van der Waals surface area (Å²) in [5.41, 5.74) is 1.29. The molecule has 0 aliphatic rings. The second kappa shape index (κ2) is 4.31. The standard InChI is InChI=1S/C7H15NO3/c1-4-6(9)8-11-5-7(2,3)10/h10H,4-5H2,1-3H3,(H,8,9). The Kier molecular flexibility index (Phi) is 4.07. The molecule has 0 aromatic rings. The number of carbonyl (C=O) groups is 1. The number of aliphatic hydroxyl groups is 1.